The van der Waals surface area contributed by atoms with Gasteiger partial charge in [-0.2, -0.15) is 5.26 Å². The Balaban J connectivity index is 2.02. The zero-order valence-electron chi connectivity index (χ0n) is 11.9. The Labute approximate surface area is 136 Å². The number of aryl methyl sites for hydroxylation is 1. The number of halogens is 1. The van der Waals surface area contributed by atoms with Gasteiger partial charge in [0.2, 0.25) is 11.1 Å². The molecule has 0 aliphatic heterocycles. The molecule has 0 aliphatic rings. The number of carbonyl (C=O) groups excluding carboxylic acids is 1. The van der Waals surface area contributed by atoms with Crippen LogP contribution in [-0.4, -0.2) is 31.4 Å². The van der Waals surface area contributed by atoms with E-state index < -0.39 is 0 Å². The standard InChI is InChI=1S/C13H13ClN6OS/c1-3-20-13(17-18-19-20)22-8(2)12(21)16-10-5-4-9(7-15)11(14)6-10/h4-6,8H,3H2,1-2H3,(H,16,21)/t8-/m0/s1. The molecule has 0 aliphatic carbocycles. The zero-order chi connectivity index (χ0) is 16.1. The van der Waals surface area contributed by atoms with Crippen LogP contribution in [-0.2, 0) is 11.3 Å². The van der Waals surface area contributed by atoms with Gasteiger partial charge < -0.3 is 5.32 Å². The summed E-state index contributed by atoms with van der Waals surface area (Å²) in [5, 5.41) is 23.4. The number of benzene rings is 1. The molecular weight excluding hydrogens is 324 g/mol. The van der Waals surface area contributed by atoms with Gasteiger partial charge in [-0.05, 0) is 42.5 Å². The van der Waals surface area contributed by atoms with Crippen LogP contribution in [0, 0.1) is 11.3 Å². The fourth-order valence-corrected chi connectivity index (χ4v) is 2.69. The monoisotopic (exact) mass is 336 g/mol. The number of hydrogen-bond donors (Lipinski definition) is 1. The van der Waals surface area contributed by atoms with Crippen LogP contribution in [0.3, 0.4) is 0 Å². The van der Waals surface area contributed by atoms with E-state index in [0.717, 1.165) is 0 Å². The van der Waals surface area contributed by atoms with Crippen molar-refractivity contribution in [3.8, 4) is 6.07 Å². The van der Waals surface area contributed by atoms with Crippen LogP contribution >= 0.6 is 23.4 Å². The summed E-state index contributed by atoms with van der Waals surface area (Å²) in [6.45, 7) is 4.32. The highest BCUT2D eigenvalue weighted by Gasteiger charge is 2.18. The van der Waals surface area contributed by atoms with Crippen LogP contribution in [0.25, 0.3) is 0 Å². The second-order valence-corrected chi connectivity index (χ2v) is 6.05. The van der Waals surface area contributed by atoms with Crippen molar-refractivity contribution in [2.24, 2.45) is 0 Å². The first-order valence-corrected chi connectivity index (χ1v) is 7.74. The quantitative estimate of drug-likeness (QED) is 0.842. The molecule has 0 saturated carbocycles. The fourth-order valence-electron chi connectivity index (χ4n) is 1.62. The molecule has 1 N–H and O–H groups in total. The number of tetrazole rings is 1. The molecule has 0 fully saturated rings. The molecule has 22 heavy (non-hydrogen) atoms. The Morgan fingerprint density at radius 3 is 3.00 bits per heavy atom. The fraction of sp³-hybridized carbons (Fsp3) is 0.308. The molecule has 7 nitrogen and oxygen atoms in total. The summed E-state index contributed by atoms with van der Waals surface area (Å²) in [6.07, 6.45) is 0. The maximum absolute atomic E-state index is 12.2. The number of hydrogen-bond acceptors (Lipinski definition) is 6. The summed E-state index contributed by atoms with van der Waals surface area (Å²) in [5.41, 5.74) is 0.903. The van der Waals surface area contributed by atoms with E-state index in [2.05, 4.69) is 20.8 Å². The molecule has 114 valence electrons. The third kappa shape index (κ3) is 3.75. The number of nitrogens with one attached hydrogen (secondary N) is 1. The summed E-state index contributed by atoms with van der Waals surface area (Å²) < 4.78 is 1.62. The summed E-state index contributed by atoms with van der Waals surface area (Å²) in [4.78, 5) is 12.2. The number of nitrogens with zero attached hydrogens (tertiary/aromatic N) is 5. The molecule has 9 heteroatoms. The Morgan fingerprint density at radius 2 is 2.36 bits per heavy atom. The number of thioether (sulfide) groups is 1. The van der Waals surface area contributed by atoms with Gasteiger partial charge in [-0.25, -0.2) is 4.68 Å². The third-order valence-corrected chi connectivity index (χ3v) is 4.19. The van der Waals surface area contributed by atoms with Crippen LogP contribution < -0.4 is 5.32 Å². The number of carbonyl (C=O) groups is 1. The SMILES string of the molecule is CCn1nnnc1S[C@@H](C)C(=O)Nc1ccc(C#N)c(Cl)c1. The van der Waals surface area contributed by atoms with Gasteiger partial charge in [0.1, 0.15) is 6.07 Å². The second kappa shape index (κ2) is 7.24. The van der Waals surface area contributed by atoms with E-state index in [9.17, 15) is 4.79 Å². The first-order chi connectivity index (χ1) is 10.5. The topological polar surface area (TPSA) is 96.5 Å². The van der Waals surface area contributed by atoms with Gasteiger partial charge in [0.05, 0.1) is 15.8 Å². The molecular formula is C13H13ClN6OS. The Bertz CT molecular complexity index is 726. The van der Waals surface area contributed by atoms with Gasteiger partial charge in [0.15, 0.2) is 0 Å². The minimum atomic E-state index is -0.384. The molecule has 0 spiro atoms. The van der Waals surface area contributed by atoms with Crippen molar-refractivity contribution in [3.05, 3.63) is 28.8 Å². The highest BCUT2D eigenvalue weighted by Crippen LogP contribution is 2.23. The summed E-state index contributed by atoms with van der Waals surface area (Å²) in [5.74, 6) is -0.198. The van der Waals surface area contributed by atoms with Gasteiger partial charge in [-0.1, -0.05) is 23.4 Å². The van der Waals surface area contributed by atoms with Crippen molar-refractivity contribution in [2.45, 2.75) is 30.8 Å². The molecule has 1 aromatic heterocycles. The Kier molecular flexibility index (Phi) is 5.35. The van der Waals surface area contributed by atoms with Gasteiger partial charge in [0, 0.05) is 12.2 Å². The molecule has 1 heterocycles. The van der Waals surface area contributed by atoms with E-state index in [0.29, 0.717) is 28.0 Å². The number of aromatic nitrogens is 4. The molecule has 1 aromatic carbocycles. The molecule has 2 aromatic rings. The lowest BCUT2D eigenvalue weighted by Gasteiger charge is -2.11. The summed E-state index contributed by atoms with van der Waals surface area (Å²) >= 11 is 7.21. The lowest BCUT2D eigenvalue weighted by atomic mass is 10.2. The molecule has 0 bridgehead atoms. The lowest BCUT2D eigenvalue weighted by Crippen LogP contribution is -2.23. The Hall–Kier alpha value is -2.11. The van der Waals surface area contributed by atoms with E-state index in [4.69, 9.17) is 16.9 Å². The van der Waals surface area contributed by atoms with Gasteiger partial charge in [-0.15, -0.1) is 5.10 Å². The number of nitriles is 1. The maximum Gasteiger partial charge on any atom is 0.237 e. The third-order valence-electron chi connectivity index (χ3n) is 2.81. The average molecular weight is 337 g/mol. The molecule has 0 radical (unpaired) electrons. The van der Waals surface area contributed by atoms with Crippen molar-refractivity contribution >= 4 is 35.0 Å². The molecule has 0 unspecified atom stereocenters. The average Bonchev–Trinajstić information content (AvgIpc) is 2.94. The van der Waals surface area contributed by atoms with E-state index in [1.807, 2.05) is 13.0 Å². The van der Waals surface area contributed by atoms with Crippen LogP contribution in [0.15, 0.2) is 23.4 Å². The number of rotatable bonds is 5. The van der Waals surface area contributed by atoms with Crippen molar-refractivity contribution in [3.63, 3.8) is 0 Å². The molecule has 0 saturated heterocycles. The summed E-state index contributed by atoms with van der Waals surface area (Å²) in [6, 6.07) is 6.71. The minimum absolute atomic E-state index is 0.198. The largest absolute Gasteiger partial charge is 0.325 e. The molecule has 1 atom stereocenters. The van der Waals surface area contributed by atoms with E-state index in [1.54, 1.807) is 29.8 Å². The van der Waals surface area contributed by atoms with Crippen LogP contribution in [0.2, 0.25) is 5.02 Å². The Morgan fingerprint density at radius 1 is 1.59 bits per heavy atom. The predicted molar refractivity (Wildman–Crippen MR) is 83.6 cm³/mol. The highest BCUT2D eigenvalue weighted by atomic mass is 35.5. The molecule has 2 rings (SSSR count). The number of amides is 1. The van der Waals surface area contributed by atoms with Crippen LogP contribution in [0.5, 0.6) is 0 Å². The minimum Gasteiger partial charge on any atom is -0.325 e. The van der Waals surface area contributed by atoms with Crippen LogP contribution in [0.1, 0.15) is 19.4 Å². The smallest absolute Gasteiger partial charge is 0.237 e. The zero-order valence-corrected chi connectivity index (χ0v) is 13.5. The first-order valence-electron chi connectivity index (χ1n) is 6.48. The predicted octanol–water partition coefficient (Wildman–Crippen LogP) is 2.34. The van der Waals surface area contributed by atoms with E-state index >= 15 is 0 Å². The van der Waals surface area contributed by atoms with Gasteiger partial charge in [-0.3, -0.25) is 4.79 Å². The van der Waals surface area contributed by atoms with Crippen molar-refractivity contribution in [1.82, 2.24) is 20.2 Å². The second-order valence-electron chi connectivity index (χ2n) is 4.33. The van der Waals surface area contributed by atoms with Crippen LogP contribution in [0.4, 0.5) is 5.69 Å². The lowest BCUT2D eigenvalue weighted by molar-refractivity contribution is -0.115. The van der Waals surface area contributed by atoms with Crippen molar-refractivity contribution in [2.75, 3.05) is 5.32 Å². The van der Waals surface area contributed by atoms with Gasteiger partial charge in [0.25, 0.3) is 0 Å². The maximum atomic E-state index is 12.2. The first kappa shape index (κ1) is 16.3. The molecule has 1 amide bonds. The van der Waals surface area contributed by atoms with Gasteiger partial charge >= 0.3 is 0 Å². The summed E-state index contributed by atoms with van der Waals surface area (Å²) in [7, 11) is 0. The normalized spacial score (nSPS) is 11.7. The van der Waals surface area contributed by atoms with E-state index in [-0.39, 0.29) is 11.2 Å². The van der Waals surface area contributed by atoms with Crippen molar-refractivity contribution in [1.29, 1.82) is 5.26 Å². The van der Waals surface area contributed by atoms with E-state index in [1.165, 1.54) is 11.8 Å². The number of anilines is 1. The van der Waals surface area contributed by atoms with Crippen molar-refractivity contribution < 1.29 is 4.79 Å². The highest BCUT2D eigenvalue weighted by molar-refractivity contribution is 8.00.